The predicted octanol–water partition coefficient (Wildman–Crippen LogP) is 2.94. The number of rotatable bonds is 4. The molecule has 2 aromatic rings. The Hall–Kier alpha value is -1.55. The van der Waals surface area contributed by atoms with Crippen LogP contribution in [-0.4, -0.2) is 16.5 Å². The summed E-state index contributed by atoms with van der Waals surface area (Å²) in [6.07, 6.45) is 5.81. The first-order valence-electron chi connectivity index (χ1n) is 8.14. The molecular formula is C17H23N3O. The zero-order valence-corrected chi connectivity index (χ0v) is 12.5. The van der Waals surface area contributed by atoms with Gasteiger partial charge in [-0.2, -0.15) is 0 Å². The van der Waals surface area contributed by atoms with Crippen molar-refractivity contribution in [1.82, 2.24) is 15.3 Å². The van der Waals surface area contributed by atoms with Crippen LogP contribution in [0.15, 0.2) is 23.0 Å². The molecule has 0 saturated heterocycles. The lowest BCUT2D eigenvalue weighted by Gasteiger charge is -2.24. The molecule has 1 heterocycles. The molecule has 0 radical (unpaired) electrons. The minimum Gasteiger partial charge on any atom is -0.310 e. The van der Waals surface area contributed by atoms with E-state index in [4.69, 9.17) is 0 Å². The maximum absolute atomic E-state index is 11.3. The van der Waals surface area contributed by atoms with Crippen molar-refractivity contribution in [3.63, 3.8) is 0 Å². The summed E-state index contributed by atoms with van der Waals surface area (Å²) in [4.78, 5) is 16.9. The molecule has 4 atom stereocenters. The molecule has 0 spiro atoms. The minimum absolute atomic E-state index is 0.134. The standard InChI is InChI=1S/C17H23N3O/c1-10(18-9-14-7-11-2-3-13(14)6-11)12-4-5-15-16(8-12)20-17(21)19-15/h4-5,8,10-11,13-14,18H,2-3,6-7,9H2,1H3,(H2,19,20,21). The molecule has 2 bridgehead atoms. The summed E-state index contributed by atoms with van der Waals surface area (Å²) < 4.78 is 0. The Balaban J connectivity index is 1.43. The monoisotopic (exact) mass is 285 g/mol. The van der Waals surface area contributed by atoms with Crippen molar-refractivity contribution in [1.29, 1.82) is 0 Å². The molecule has 4 heteroatoms. The highest BCUT2D eigenvalue weighted by molar-refractivity contribution is 5.75. The van der Waals surface area contributed by atoms with Crippen molar-refractivity contribution in [2.24, 2.45) is 17.8 Å². The summed E-state index contributed by atoms with van der Waals surface area (Å²) in [6.45, 7) is 3.34. The third-order valence-electron chi connectivity index (χ3n) is 5.61. The average Bonchev–Trinajstić information content (AvgIpc) is 3.17. The smallest absolute Gasteiger partial charge is 0.310 e. The number of benzene rings is 1. The second kappa shape index (κ2) is 5.02. The van der Waals surface area contributed by atoms with Gasteiger partial charge in [-0.25, -0.2) is 4.79 Å². The minimum atomic E-state index is -0.134. The van der Waals surface area contributed by atoms with E-state index in [0.717, 1.165) is 35.3 Å². The fraction of sp³-hybridized carbons (Fsp3) is 0.588. The summed E-state index contributed by atoms with van der Waals surface area (Å²) >= 11 is 0. The van der Waals surface area contributed by atoms with Gasteiger partial charge in [0, 0.05) is 6.04 Å². The predicted molar refractivity (Wildman–Crippen MR) is 84.3 cm³/mol. The molecule has 2 fully saturated rings. The van der Waals surface area contributed by atoms with Crippen LogP contribution in [-0.2, 0) is 0 Å². The molecule has 2 aliphatic rings. The number of hydrogen-bond donors (Lipinski definition) is 3. The van der Waals surface area contributed by atoms with Crippen molar-refractivity contribution >= 4 is 11.0 Å². The van der Waals surface area contributed by atoms with Crippen LogP contribution in [0.3, 0.4) is 0 Å². The number of nitrogens with one attached hydrogen (secondary N) is 3. The van der Waals surface area contributed by atoms with Gasteiger partial charge in [0.2, 0.25) is 0 Å². The number of aromatic nitrogens is 2. The fourth-order valence-electron chi connectivity index (χ4n) is 4.39. The molecule has 4 unspecified atom stereocenters. The molecular weight excluding hydrogens is 262 g/mol. The van der Waals surface area contributed by atoms with E-state index >= 15 is 0 Å². The number of hydrogen-bond acceptors (Lipinski definition) is 2. The van der Waals surface area contributed by atoms with Gasteiger partial charge in [0.05, 0.1) is 11.0 Å². The maximum Gasteiger partial charge on any atom is 0.323 e. The molecule has 1 aromatic heterocycles. The molecule has 4 nitrogen and oxygen atoms in total. The lowest BCUT2D eigenvalue weighted by Crippen LogP contribution is -2.28. The van der Waals surface area contributed by atoms with Gasteiger partial charge < -0.3 is 15.3 Å². The summed E-state index contributed by atoms with van der Waals surface area (Å²) in [6, 6.07) is 6.49. The molecule has 3 N–H and O–H groups in total. The van der Waals surface area contributed by atoms with Crippen molar-refractivity contribution in [3.8, 4) is 0 Å². The van der Waals surface area contributed by atoms with E-state index in [0.29, 0.717) is 6.04 Å². The topological polar surface area (TPSA) is 60.7 Å². The zero-order chi connectivity index (χ0) is 14.4. The normalized spacial score (nSPS) is 29.3. The second-order valence-electron chi connectivity index (χ2n) is 6.95. The number of fused-ring (bicyclic) bond motifs is 3. The van der Waals surface area contributed by atoms with Gasteiger partial charge in [-0.05, 0) is 68.2 Å². The summed E-state index contributed by atoms with van der Waals surface area (Å²) in [7, 11) is 0. The van der Waals surface area contributed by atoms with Gasteiger partial charge in [-0.15, -0.1) is 0 Å². The SMILES string of the molecule is CC(NCC1CC2CCC1C2)c1ccc2[nH]c(=O)[nH]c2c1. The molecule has 0 amide bonds. The summed E-state index contributed by atoms with van der Waals surface area (Å²) in [5.74, 6) is 2.86. The Morgan fingerprint density at radius 1 is 1.24 bits per heavy atom. The van der Waals surface area contributed by atoms with E-state index in [1.54, 1.807) is 0 Å². The van der Waals surface area contributed by atoms with Crippen LogP contribution in [0.4, 0.5) is 0 Å². The first kappa shape index (κ1) is 13.1. The Morgan fingerprint density at radius 2 is 2.10 bits per heavy atom. The van der Waals surface area contributed by atoms with Crippen molar-refractivity contribution < 1.29 is 0 Å². The Labute approximate surface area is 124 Å². The van der Waals surface area contributed by atoms with Crippen molar-refractivity contribution in [3.05, 3.63) is 34.2 Å². The van der Waals surface area contributed by atoms with Crippen molar-refractivity contribution in [2.75, 3.05) is 6.54 Å². The quantitative estimate of drug-likeness (QED) is 0.809. The molecule has 4 rings (SSSR count). The fourth-order valence-corrected chi connectivity index (χ4v) is 4.39. The van der Waals surface area contributed by atoms with Crippen LogP contribution in [0.5, 0.6) is 0 Å². The van der Waals surface area contributed by atoms with Crippen LogP contribution in [0, 0.1) is 17.8 Å². The van der Waals surface area contributed by atoms with E-state index in [2.05, 4.69) is 34.3 Å². The number of H-pyrrole nitrogens is 2. The zero-order valence-electron chi connectivity index (χ0n) is 12.5. The van der Waals surface area contributed by atoms with Gasteiger partial charge in [0.15, 0.2) is 0 Å². The van der Waals surface area contributed by atoms with Gasteiger partial charge in [0.1, 0.15) is 0 Å². The van der Waals surface area contributed by atoms with Crippen LogP contribution in [0.2, 0.25) is 0 Å². The molecule has 2 aliphatic carbocycles. The molecule has 0 aliphatic heterocycles. The van der Waals surface area contributed by atoms with Crippen molar-refractivity contribution in [2.45, 2.75) is 38.6 Å². The summed E-state index contributed by atoms with van der Waals surface area (Å²) in [5.41, 5.74) is 2.88. The highest BCUT2D eigenvalue weighted by Crippen LogP contribution is 2.48. The maximum atomic E-state index is 11.3. The van der Waals surface area contributed by atoms with E-state index < -0.39 is 0 Å². The Bertz CT molecular complexity index is 701. The summed E-state index contributed by atoms with van der Waals surface area (Å²) in [5, 5.41) is 3.69. The highest BCUT2D eigenvalue weighted by atomic mass is 16.1. The molecule has 2 saturated carbocycles. The van der Waals surface area contributed by atoms with E-state index in [-0.39, 0.29) is 5.69 Å². The third-order valence-corrected chi connectivity index (χ3v) is 5.61. The van der Waals surface area contributed by atoms with Crippen LogP contribution in [0.25, 0.3) is 11.0 Å². The largest absolute Gasteiger partial charge is 0.323 e. The van der Waals surface area contributed by atoms with Crippen LogP contribution < -0.4 is 11.0 Å². The lowest BCUT2D eigenvalue weighted by molar-refractivity contribution is 0.309. The van der Waals surface area contributed by atoms with Gasteiger partial charge in [-0.1, -0.05) is 12.5 Å². The molecule has 112 valence electrons. The third kappa shape index (κ3) is 2.42. The van der Waals surface area contributed by atoms with Crippen LogP contribution in [0.1, 0.15) is 44.2 Å². The molecule has 1 aromatic carbocycles. The Morgan fingerprint density at radius 3 is 2.86 bits per heavy atom. The van der Waals surface area contributed by atoms with Gasteiger partial charge in [-0.3, -0.25) is 0 Å². The number of imidazole rings is 1. The average molecular weight is 285 g/mol. The number of aromatic amines is 2. The second-order valence-corrected chi connectivity index (χ2v) is 6.95. The van der Waals surface area contributed by atoms with E-state index in [9.17, 15) is 4.79 Å². The first-order chi connectivity index (χ1) is 10.2. The van der Waals surface area contributed by atoms with Gasteiger partial charge >= 0.3 is 5.69 Å². The van der Waals surface area contributed by atoms with Gasteiger partial charge in [0.25, 0.3) is 0 Å². The highest BCUT2D eigenvalue weighted by Gasteiger charge is 2.39. The Kier molecular flexibility index (Phi) is 3.14. The first-order valence-corrected chi connectivity index (χ1v) is 8.14. The van der Waals surface area contributed by atoms with E-state index in [1.165, 1.54) is 31.2 Å². The van der Waals surface area contributed by atoms with Crippen LogP contribution >= 0.6 is 0 Å². The van der Waals surface area contributed by atoms with E-state index in [1.807, 2.05) is 6.07 Å². The molecule has 21 heavy (non-hydrogen) atoms. The lowest BCUT2D eigenvalue weighted by atomic mass is 9.88.